The molecule has 1 amide bonds. The summed E-state index contributed by atoms with van der Waals surface area (Å²) in [7, 11) is 0. The second kappa shape index (κ2) is 7.97. The van der Waals surface area contributed by atoms with Gasteiger partial charge in [0.25, 0.3) is 0 Å². The number of halogens is 2. The summed E-state index contributed by atoms with van der Waals surface area (Å²) in [5, 5.41) is 2.61. The number of amides is 1. The Hall–Kier alpha value is -1.63. The number of carbonyl (C=O) groups is 1. The van der Waals surface area contributed by atoms with E-state index < -0.39 is 24.3 Å². The second-order valence-corrected chi connectivity index (χ2v) is 5.74. The summed E-state index contributed by atoms with van der Waals surface area (Å²) in [6.07, 6.45) is 2.20. The smallest absolute Gasteiger partial charge is 0.407 e. The lowest BCUT2D eigenvalue weighted by Crippen LogP contribution is -2.37. The molecule has 1 heterocycles. The Morgan fingerprint density at radius 1 is 1.43 bits per heavy atom. The Morgan fingerprint density at radius 3 is 2.57 bits per heavy atom. The van der Waals surface area contributed by atoms with Gasteiger partial charge in [-0.15, -0.1) is 0 Å². The SMILES string of the molecule is CC(C)(C)OC(=O)NCC(CF)COc1cnc(Cl)nc1. The maximum atomic E-state index is 12.9. The van der Waals surface area contributed by atoms with Crippen LogP contribution < -0.4 is 10.1 Å². The number of rotatable bonds is 6. The molecule has 0 spiro atoms. The Balaban J connectivity index is 2.34. The first-order chi connectivity index (χ1) is 9.80. The molecule has 0 aliphatic rings. The first-order valence-electron chi connectivity index (χ1n) is 6.43. The molecule has 1 rings (SSSR count). The molecule has 1 aromatic heterocycles. The van der Waals surface area contributed by atoms with Crippen molar-refractivity contribution in [3.05, 3.63) is 17.7 Å². The van der Waals surface area contributed by atoms with E-state index in [2.05, 4.69) is 15.3 Å². The van der Waals surface area contributed by atoms with E-state index in [4.69, 9.17) is 21.1 Å². The topological polar surface area (TPSA) is 73.3 Å². The van der Waals surface area contributed by atoms with E-state index in [9.17, 15) is 9.18 Å². The Kier molecular flexibility index (Phi) is 6.61. The molecule has 1 N–H and O–H groups in total. The van der Waals surface area contributed by atoms with Gasteiger partial charge in [0.05, 0.1) is 25.7 Å². The number of alkyl carbamates (subject to hydrolysis) is 1. The summed E-state index contributed by atoms with van der Waals surface area (Å²) in [5.74, 6) is -0.108. The quantitative estimate of drug-likeness (QED) is 0.816. The molecule has 0 aliphatic carbocycles. The molecule has 6 nitrogen and oxygen atoms in total. The molecule has 0 saturated carbocycles. The predicted molar refractivity (Wildman–Crippen MR) is 76.2 cm³/mol. The third kappa shape index (κ3) is 7.65. The van der Waals surface area contributed by atoms with Gasteiger partial charge in [-0.3, -0.25) is 4.39 Å². The molecule has 0 aromatic carbocycles. The lowest BCUT2D eigenvalue weighted by Gasteiger charge is -2.21. The number of nitrogens with one attached hydrogen (secondary N) is 1. The molecule has 0 aliphatic heterocycles. The molecule has 0 saturated heterocycles. The summed E-state index contributed by atoms with van der Waals surface area (Å²) in [6, 6.07) is 0. The number of carbonyl (C=O) groups excluding carboxylic acids is 1. The second-order valence-electron chi connectivity index (χ2n) is 5.40. The molecule has 21 heavy (non-hydrogen) atoms. The molecular formula is C13H19ClFN3O3. The maximum Gasteiger partial charge on any atom is 0.407 e. The average molecular weight is 320 g/mol. The zero-order valence-electron chi connectivity index (χ0n) is 12.2. The summed E-state index contributed by atoms with van der Waals surface area (Å²) in [5.41, 5.74) is -0.591. The minimum absolute atomic E-state index is 0.0806. The zero-order chi connectivity index (χ0) is 15.9. The third-order valence-corrected chi connectivity index (χ3v) is 2.43. The highest BCUT2D eigenvalue weighted by Crippen LogP contribution is 2.11. The van der Waals surface area contributed by atoms with Crippen LogP contribution in [-0.2, 0) is 4.74 Å². The van der Waals surface area contributed by atoms with Crippen molar-refractivity contribution in [1.29, 1.82) is 0 Å². The molecule has 0 radical (unpaired) electrons. The Morgan fingerprint density at radius 2 is 2.05 bits per heavy atom. The zero-order valence-corrected chi connectivity index (χ0v) is 13.0. The number of ether oxygens (including phenoxy) is 2. The highest BCUT2D eigenvalue weighted by Gasteiger charge is 2.18. The minimum atomic E-state index is -0.635. The van der Waals surface area contributed by atoms with E-state index in [1.165, 1.54) is 12.4 Å². The number of aromatic nitrogens is 2. The van der Waals surface area contributed by atoms with Crippen molar-refractivity contribution < 1.29 is 18.7 Å². The van der Waals surface area contributed by atoms with Crippen molar-refractivity contribution in [3.63, 3.8) is 0 Å². The van der Waals surface area contributed by atoms with Crippen molar-refractivity contribution in [2.45, 2.75) is 26.4 Å². The number of hydrogen-bond acceptors (Lipinski definition) is 5. The van der Waals surface area contributed by atoms with Crippen molar-refractivity contribution in [2.75, 3.05) is 19.8 Å². The molecule has 1 unspecified atom stereocenters. The van der Waals surface area contributed by atoms with E-state index in [-0.39, 0.29) is 18.4 Å². The van der Waals surface area contributed by atoms with Crippen LogP contribution in [0.2, 0.25) is 5.28 Å². The van der Waals surface area contributed by atoms with Crippen LogP contribution in [0, 0.1) is 5.92 Å². The van der Waals surface area contributed by atoms with Gasteiger partial charge in [-0.25, -0.2) is 14.8 Å². The number of hydrogen-bond donors (Lipinski definition) is 1. The van der Waals surface area contributed by atoms with Gasteiger partial charge in [0, 0.05) is 12.5 Å². The highest BCUT2D eigenvalue weighted by molar-refractivity contribution is 6.28. The Labute approximate surface area is 128 Å². The fraction of sp³-hybridized carbons (Fsp3) is 0.615. The van der Waals surface area contributed by atoms with Gasteiger partial charge in [-0.05, 0) is 32.4 Å². The van der Waals surface area contributed by atoms with Gasteiger partial charge in [0.15, 0.2) is 5.75 Å². The van der Waals surface area contributed by atoms with Crippen LogP contribution in [0.25, 0.3) is 0 Å². The summed E-state index contributed by atoms with van der Waals surface area (Å²) in [6.45, 7) is 4.82. The molecule has 1 atom stereocenters. The Bertz CT molecular complexity index is 451. The van der Waals surface area contributed by atoms with Gasteiger partial charge in [-0.2, -0.15) is 0 Å². The first-order valence-corrected chi connectivity index (χ1v) is 6.81. The van der Waals surface area contributed by atoms with Crippen molar-refractivity contribution in [1.82, 2.24) is 15.3 Å². The maximum absolute atomic E-state index is 12.9. The molecule has 0 bridgehead atoms. The summed E-state index contributed by atoms with van der Waals surface area (Å²) < 4.78 is 23.3. The van der Waals surface area contributed by atoms with Crippen LogP contribution in [0.3, 0.4) is 0 Å². The third-order valence-electron chi connectivity index (χ3n) is 2.23. The molecule has 0 fully saturated rings. The molecular weight excluding hydrogens is 301 g/mol. The molecule has 8 heteroatoms. The van der Waals surface area contributed by atoms with Crippen LogP contribution >= 0.6 is 11.6 Å². The highest BCUT2D eigenvalue weighted by atomic mass is 35.5. The normalized spacial score (nSPS) is 12.6. The van der Waals surface area contributed by atoms with E-state index in [1.807, 2.05) is 0 Å². The van der Waals surface area contributed by atoms with E-state index in [0.717, 1.165) is 0 Å². The van der Waals surface area contributed by atoms with Gasteiger partial charge in [0.1, 0.15) is 5.60 Å². The molecule has 1 aromatic rings. The lowest BCUT2D eigenvalue weighted by atomic mass is 10.2. The summed E-state index contributed by atoms with van der Waals surface area (Å²) >= 11 is 5.54. The van der Waals surface area contributed by atoms with Crippen LogP contribution in [0.1, 0.15) is 20.8 Å². The van der Waals surface area contributed by atoms with Gasteiger partial charge < -0.3 is 14.8 Å². The van der Waals surface area contributed by atoms with Gasteiger partial charge >= 0.3 is 6.09 Å². The number of nitrogens with zero attached hydrogens (tertiary/aromatic N) is 2. The van der Waals surface area contributed by atoms with Gasteiger partial charge in [0.2, 0.25) is 5.28 Å². The van der Waals surface area contributed by atoms with Crippen LogP contribution in [0.15, 0.2) is 12.4 Å². The van der Waals surface area contributed by atoms with Crippen LogP contribution in [-0.4, -0.2) is 41.5 Å². The predicted octanol–water partition coefficient (Wildman–Crippen LogP) is 2.62. The molecule has 118 valence electrons. The van der Waals surface area contributed by atoms with E-state index in [1.54, 1.807) is 20.8 Å². The van der Waals surface area contributed by atoms with Crippen LogP contribution in [0.4, 0.5) is 9.18 Å². The average Bonchev–Trinajstić information content (AvgIpc) is 2.39. The fourth-order valence-electron chi connectivity index (χ4n) is 1.29. The monoisotopic (exact) mass is 319 g/mol. The minimum Gasteiger partial charge on any atom is -0.490 e. The fourth-order valence-corrected chi connectivity index (χ4v) is 1.39. The van der Waals surface area contributed by atoms with Crippen molar-refractivity contribution >= 4 is 17.7 Å². The van der Waals surface area contributed by atoms with E-state index >= 15 is 0 Å². The van der Waals surface area contributed by atoms with Gasteiger partial charge in [-0.1, -0.05) is 0 Å². The lowest BCUT2D eigenvalue weighted by molar-refractivity contribution is 0.0510. The summed E-state index contributed by atoms with van der Waals surface area (Å²) in [4.78, 5) is 18.9. The van der Waals surface area contributed by atoms with Crippen molar-refractivity contribution in [3.8, 4) is 5.75 Å². The van der Waals surface area contributed by atoms with Crippen LogP contribution in [0.5, 0.6) is 5.75 Å². The van der Waals surface area contributed by atoms with E-state index in [0.29, 0.717) is 5.75 Å². The standard InChI is InChI=1S/C13H19ClFN3O3/c1-13(2,3)21-12(19)18-5-9(4-15)8-20-10-6-16-11(14)17-7-10/h6-7,9H,4-5,8H2,1-3H3,(H,18,19). The first kappa shape index (κ1) is 17.4. The number of alkyl halides is 1. The van der Waals surface area contributed by atoms with Crippen molar-refractivity contribution in [2.24, 2.45) is 5.92 Å². The largest absolute Gasteiger partial charge is 0.490 e.